The van der Waals surface area contributed by atoms with Crippen molar-refractivity contribution in [2.24, 2.45) is 11.8 Å². The van der Waals surface area contributed by atoms with Gasteiger partial charge in [-0.2, -0.15) is 0 Å². The average Bonchev–Trinajstić information content (AvgIpc) is 2.84. The third-order valence-electron chi connectivity index (χ3n) is 7.65. The number of benzene rings is 2. The van der Waals surface area contributed by atoms with Crippen LogP contribution in [0.25, 0.3) is 10.9 Å². The van der Waals surface area contributed by atoms with Gasteiger partial charge in [-0.25, -0.2) is 0 Å². The average molecular weight is 507 g/mol. The zero-order valence-corrected chi connectivity index (χ0v) is 20.1. The number of para-hydroxylation sites is 2. The van der Waals surface area contributed by atoms with E-state index in [1.165, 1.54) is 0 Å². The number of amides is 1. The van der Waals surface area contributed by atoms with Crippen molar-refractivity contribution in [2.45, 2.75) is 25.0 Å². The minimum absolute atomic E-state index is 0.0261. The molecule has 0 unspecified atom stereocenters. The van der Waals surface area contributed by atoms with E-state index in [-0.39, 0.29) is 11.9 Å². The van der Waals surface area contributed by atoms with E-state index in [4.69, 9.17) is 0 Å². The molecular weight excluding hydrogens is 478 g/mol. The molecule has 5 nitrogen and oxygen atoms in total. The SMILES string of the molecule is C=C[C@H]1C[N@+]2(CC(=O)Nc3ccccc3Br)CC[C@H]1C[C@@H]2[C@@H](O)c1ccnc2ccccc12. The van der Waals surface area contributed by atoms with Crippen LogP contribution >= 0.6 is 15.9 Å². The topological polar surface area (TPSA) is 62.2 Å². The van der Waals surface area contributed by atoms with Crippen molar-refractivity contribution >= 4 is 38.4 Å². The van der Waals surface area contributed by atoms with Crippen LogP contribution in [0.5, 0.6) is 0 Å². The predicted molar refractivity (Wildman–Crippen MR) is 135 cm³/mol. The maximum atomic E-state index is 13.3. The van der Waals surface area contributed by atoms with Gasteiger partial charge in [0.2, 0.25) is 0 Å². The molecule has 4 heterocycles. The largest absolute Gasteiger partial charge is 0.382 e. The van der Waals surface area contributed by atoms with Gasteiger partial charge in [-0.05, 0) is 51.7 Å². The fourth-order valence-electron chi connectivity index (χ4n) is 6.00. The molecule has 6 heteroatoms. The van der Waals surface area contributed by atoms with Crippen LogP contribution in [0.15, 0.2) is 77.9 Å². The molecule has 3 aliphatic heterocycles. The van der Waals surface area contributed by atoms with Crippen molar-refractivity contribution < 1.29 is 14.4 Å². The van der Waals surface area contributed by atoms with E-state index in [2.05, 4.69) is 32.8 Å². The molecule has 2 N–H and O–H groups in total. The first kappa shape index (κ1) is 22.3. The highest BCUT2D eigenvalue weighted by molar-refractivity contribution is 9.10. The lowest BCUT2D eigenvalue weighted by Crippen LogP contribution is -2.69. The second-order valence-corrected chi connectivity index (χ2v) is 10.3. The number of carbonyl (C=O) groups excluding carboxylic acids is 1. The monoisotopic (exact) mass is 506 g/mol. The molecule has 2 bridgehead atoms. The highest BCUT2D eigenvalue weighted by Gasteiger charge is 2.54. The second-order valence-electron chi connectivity index (χ2n) is 9.42. The van der Waals surface area contributed by atoms with Crippen molar-refractivity contribution in [3.05, 3.63) is 83.5 Å². The number of nitrogens with zero attached hydrogens (tertiary/aromatic N) is 2. The number of halogens is 1. The maximum absolute atomic E-state index is 13.3. The Labute approximate surface area is 202 Å². The summed E-state index contributed by atoms with van der Waals surface area (Å²) in [6, 6.07) is 17.5. The third kappa shape index (κ3) is 4.12. The van der Waals surface area contributed by atoms with E-state index in [9.17, 15) is 9.90 Å². The smallest absolute Gasteiger partial charge is 0.279 e. The molecule has 1 aromatic heterocycles. The number of aromatic nitrogens is 1. The van der Waals surface area contributed by atoms with Gasteiger partial charge in [-0.3, -0.25) is 9.78 Å². The van der Waals surface area contributed by atoms with E-state index in [0.29, 0.717) is 22.9 Å². The summed E-state index contributed by atoms with van der Waals surface area (Å²) in [7, 11) is 0. The van der Waals surface area contributed by atoms with E-state index in [0.717, 1.165) is 52.6 Å². The van der Waals surface area contributed by atoms with Crippen LogP contribution in [0.2, 0.25) is 0 Å². The summed E-state index contributed by atoms with van der Waals surface area (Å²) in [6.45, 7) is 6.14. The predicted octanol–water partition coefficient (Wildman–Crippen LogP) is 5.08. The Hall–Kier alpha value is -2.54. The number of pyridine rings is 1. The lowest BCUT2D eigenvalue weighted by atomic mass is 9.71. The van der Waals surface area contributed by atoms with Crippen molar-refractivity contribution in [1.82, 2.24) is 4.98 Å². The number of aliphatic hydroxyl groups is 1. The van der Waals surface area contributed by atoms with Gasteiger partial charge in [-0.1, -0.05) is 36.4 Å². The highest BCUT2D eigenvalue weighted by Crippen LogP contribution is 2.47. The van der Waals surface area contributed by atoms with E-state index in [1.54, 1.807) is 6.20 Å². The minimum atomic E-state index is -0.664. The zero-order chi connectivity index (χ0) is 23.0. The molecule has 0 saturated carbocycles. The van der Waals surface area contributed by atoms with Gasteiger partial charge in [0.1, 0.15) is 12.1 Å². The van der Waals surface area contributed by atoms with Gasteiger partial charge >= 0.3 is 0 Å². The van der Waals surface area contributed by atoms with Gasteiger partial charge in [0.25, 0.3) is 5.91 Å². The van der Waals surface area contributed by atoms with Gasteiger partial charge in [0, 0.05) is 34.8 Å². The molecule has 170 valence electrons. The number of anilines is 1. The molecule has 5 atom stereocenters. The summed E-state index contributed by atoms with van der Waals surface area (Å²) in [5.41, 5.74) is 2.55. The van der Waals surface area contributed by atoms with Crippen LogP contribution < -0.4 is 5.32 Å². The maximum Gasteiger partial charge on any atom is 0.279 e. The van der Waals surface area contributed by atoms with E-state index in [1.807, 2.05) is 60.7 Å². The summed E-state index contributed by atoms with van der Waals surface area (Å²) in [5, 5.41) is 15.8. The molecular formula is C27H29BrN3O2+. The summed E-state index contributed by atoms with van der Waals surface area (Å²) < 4.78 is 1.45. The molecule has 3 aliphatic rings. The van der Waals surface area contributed by atoms with Crippen LogP contribution in [0.1, 0.15) is 24.5 Å². The first-order valence-electron chi connectivity index (χ1n) is 11.6. The number of quaternary nitrogens is 1. The zero-order valence-electron chi connectivity index (χ0n) is 18.5. The number of piperidine rings is 3. The number of nitrogens with one attached hydrogen (secondary N) is 1. The van der Waals surface area contributed by atoms with Crippen LogP contribution in [0.3, 0.4) is 0 Å². The standard InChI is InChI=1S/C27H28BrN3O2/c1-2-18-16-31(17-26(32)30-24-10-6-4-8-22(24)28)14-12-19(18)15-25(31)27(33)21-11-13-29-23-9-5-3-7-20(21)23/h2-11,13,18-19,25,27,33H,1,12,14-17H2/p+1/t18-,19-,25+,27-,31-/m0/s1. The van der Waals surface area contributed by atoms with Crippen LogP contribution in [-0.2, 0) is 4.79 Å². The fourth-order valence-corrected chi connectivity index (χ4v) is 6.39. The summed E-state index contributed by atoms with van der Waals surface area (Å²) in [5.74, 6) is 0.844. The van der Waals surface area contributed by atoms with Gasteiger partial charge in [-0.15, -0.1) is 6.58 Å². The lowest BCUT2D eigenvalue weighted by molar-refractivity contribution is -0.966. The summed E-state index contributed by atoms with van der Waals surface area (Å²) in [4.78, 5) is 17.7. The van der Waals surface area contributed by atoms with Crippen LogP contribution in [0.4, 0.5) is 5.69 Å². The molecule has 1 amide bonds. The first-order valence-corrected chi connectivity index (χ1v) is 12.3. The molecule has 2 aromatic carbocycles. The van der Waals surface area contributed by atoms with E-state index >= 15 is 0 Å². The van der Waals surface area contributed by atoms with Crippen LogP contribution in [0, 0.1) is 11.8 Å². The number of fused-ring (bicyclic) bond motifs is 4. The Bertz CT molecular complexity index is 1190. The fraction of sp³-hybridized carbons (Fsp3) is 0.333. The Morgan fingerprint density at radius 2 is 2.03 bits per heavy atom. The highest BCUT2D eigenvalue weighted by atomic mass is 79.9. The number of aliphatic hydroxyl groups excluding tert-OH is 1. The molecule has 3 saturated heterocycles. The quantitative estimate of drug-likeness (QED) is 0.362. The number of hydrogen-bond acceptors (Lipinski definition) is 3. The second kappa shape index (κ2) is 9.01. The minimum Gasteiger partial charge on any atom is -0.382 e. The number of hydrogen-bond donors (Lipinski definition) is 2. The van der Waals surface area contributed by atoms with Gasteiger partial charge in [0.05, 0.1) is 24.3 Å². The Kier molecular flexibility index (Phi) is 6.08. The van der Waals surface area contributed by atoms with Crippen molar-refractivity contribution in [3.63, 3.8) is 0 Å². The molecule has 0 spiro atoms. The van der Waals surface area contributed by atoms with Crippen LogP contribution in [-0.4, -0.2) is 46.2 Å². The molecule has 0 radical (unpaired) electrons. The molecule has 6 rings (SSSR count). The Morgan fingerprint density at radius 3 is 2.85 bits per heavy atom. The molecule has 3 aromatic rings. The third-order valence-corrected chi connectivity index (χ3v) is 8.34. The van der Waals surface area contributed by atoms with Gasteiger partial charge < -0.3 is 14.9 Å². The Morgan fingerprint density at radius 1 is 1.24 bits per heavy atom. The molecule has 0 aliphatic carbocycles. The molecule has 3 fully saturated rings. The normalized spacial score (nSPS) is 27.3. The van der Waals surface area contributed by atoms with Gasteiger partial charge in [0.15, 0.2) is 6.54 Å². The van der Waals surface area contributed by atoms with Crippen molar-refractivity contribution in [2.75, 3.05) is 25.0 Å². The van der Waals surface area contributed by atoms with E-state index < -0.39 is 6.10 Å². The lowest BCUT2D eigenvalue weighted by Gasteiger charge is -2.57. The Balaban J connectivity index is 1.47. The van der Waals surface area contributed by atoms with Crippen molar-refractivity contribution in [3.8, 4) is 0 Å². The number of carbonyl (C=O) groups is 1. The summed E-state index contributed by atoms with van der Waals surface area (Å²) >= 11 is 3.52. The summed E-state index contributed by atoms with van der Waals surface area (Å²) in [6.07, 6.45) is 5.10. The number of rotatable bonds is 6. The first-order chi connectivity index (χ1) is 16.0. The van der Waals surface area contributed by atoms with Crippen molar-refractivity contribution in [1.29, 1.82) is 0 Å². The molecule has 33 heavy (non-hydrogen) atoms.